The Labute approximate surface area is 162 Å². The van der Waals surface area contributed by atoms with Crippen LogP contribution in [-0.2, 0) is 23.0 Å². The second-order valence-electron chi connectivity index (χ2n) is 6.40. The van der Waals surface area contributed by atoms with Crippen molar-refractivity contribution >= 4 is 16.0 Å². The second kappa shape index (κ2) is 9.80. The highest BCUT2D eigenvalue weighted by atomic mass is 32.2. The highest BCUT2D eigenvalue weighted by molar-refractivity contribution is 7.88. The number of benzene rings is 1. The van der Waals surface area contributed by atoms with Crippen molar-refractivity contribution in [1.82, 2.24) is 14.9 Å². The van der Waals surface area contributed by atoms with E-state index in [9.17, 15) is 8.42 Å². The van der Waals surface area contributed by atoms with Crippen LogP contribution in [0.5, 0.6) is 11.5 Å². The molecule has 1 aliphatic rings. The van der Waals surface area contributed by atoms with E-state index in [1.807, 2.05) is 19.1 Å². The maximum absolute atomic E-state index is 11.1. The molecular formula is C18H30N4O4S. The predicted octanol–water partition coefficient (Wildman–Crippen LogP) is 0.967. The Balaban J connectivity index is 2.05. The van der Waals surface area contributed by atoms with E-state index in [2.05, 4.69) is 19.9 Å². The minimum absolute atomic E-state index is 0.390. The summed E-state index contributed by atoms with van der Waals surface area (Å²) in [5.74, 6) is 2.33. The van der Waals surface area contributed by atoms with E-state index < -0.39 is 10.0 Å². The van der Waals surface area contributed by atoms with E-state index in [0.717, 1.165) is 49.8 Å². The van der Waals surface area contributed by atoms with Crippen LogP contribution in [0.1, 0.15) is 24.5 Å². The number of rotatable bonds is 8. The van der Waals surface area contributed by atoms with Crippen LogP contribution < -0.4 is 19.5 Å². The largest absolute Gasteiger partial charge is 0.493 e. The number of nitrogens with zero attached hydrogens (tertiary/aromatic N) is 2. The molecule has 0 radical (unpaired) electrons. The van der Waals surface area contributed by atoms with Gasteiger partial charge in [0.2, 0.25) is 10.0 Å². The molecule has 0 aromatic heterocycles. The molecule has 2 N–H and O–H groups in total. The topological polar surface area (TPSA) is 92.3 Å². The number of sulfonamides is 1. The van der Waals surface area contributed by atoms with Crippen molar-refractivity contribution in [2.75, 3.05) is 46.7 Å². The number of hydrogen-bond donors (Lipinski definition) is 2. The van der Waals surface area contributed by atoms with Crippen molar-refractivity contribution in [3.63, 3.8) is 0 Å². The highest BCUT2D eigenvalue weighted by Gasteiger charge is 2.21. The molecule has 0 bridgehead atoms. The highest BCUT2D eigenvalue weighted by Crippen LogP contribution is 2.33. The van der Waals surface area contributed by atoms with Crippen LogP contribution in [0.25, 0.3) is 0 Å². The summed E-state index contributed by atoms with van der Waals surface area (Å²) in [5.41, 5.74) is 2.46. The first kappa shape index (κ1) is 21.3. The molecule has 0 fully saturated rings. The van der Waals surface area contributed by atoms with Gasteiger partial charge in [0.05, 0.1) is 20.5 Å². The summed E-state index contributed by atoms with van der Waals surface area (Å²) in [6, 6.07) is 4.08. The maximum Gasteiger partial charge on any atom is 0.208 e. The van der Waals surface area contributed by atoms with E-state index in [4.69, 9.17) is 9.47 Å². The average molecular weight is 399 g/mol. The predicted molar refractivity (Wildman–Crippen MR) is 107 cm³/mol. The standard InChI is InChI=1S/C18H30N4O4S/c1-5-19-18(20-8-6-9-21-27(4,23)24)22-10-7-14-11-16(25-2)17(26-3)12-15(14)13-22/h11-12,21H,5-10,13H2,1-4H3,(H,19,20). The summed E-state index contributed by atoms with van der Waals surface area (Å²) in [4.78, 5) is 6.86. The van der Waals surface area contributed by atoms with Gasteiger partial charge in [-0.05, 0) is 43.0 Å². The van der Waals surface area contributed by atoms with E-state index in [1.165, 1.54) is 11.1 Å². The smallest absolute Gasteiger partial charge is 0.208 e. The average Bonchev–Trinajstić information content (AvgIpc) is 2.64. The minimum Gasteiger partial charge on any atom is -0.493 e. The van der Waals surface area contributed by atoms with Gasteiger partial charge in [0.15, 0.2) is 17.5 Å². The van der Waals surface area contributed by atoms with Crippen molar-refractivity contribution in [3.8, 4) is 11.5 Å². The van der Waals surface area contributed by atoms with Crippen molar-refractivity contribution in [2.24, 2.45) is 4.99 Å². The summed E-state index contributed by atoms with van der Waals surface area (Å²) >= 11 is 0. The Hall–Kier alpha value is -2.00. The van der Waals surface area contributed by atoms with E-state index in [1.54, 1.807) is 14.2 Å². The van der Waals surface area contributed by atoms with Crippen LogP contribution in [0, 0.1) is 0 Å². The molecule has 0 spiro atoms. The molecule has 1 aromatic rings. The number of hydrogen-bond acceptors (Lipinski definition) is 5. The third-order valence-electron chi connectivity index (χ3n) is 4.31. The van der Waals surface area contributed by atoms with Gasteiger partial charge in [0, 0.05) is 32.7 Å². The van der Waals surface area contributed by atoms with Gasteiger partial charge < -0.3 is 19.7 Å². The van der Waals surface area contributed by atoms with Crippen LogP contribution in [-0.4, -0.2) is 65.9 Å². The number of fused-ring (bicyclic) bond motifs is 1. The number of methoxy groups -OCH3 is 2. The Bertz CT molecular complexity index is 765. The zero-order valence-corrected chi connectivity index (χ0v) is 17.4. The van der Waals surface area contributed by atoms with E-state index in [-0.39, 0.29) is 0 Å². The zero-order chi connectivity index (χ0) is 19.9. The summed E-state index contributed by atoms with van der Waals surface area (Å²) in [5, 5.41) is 3.32. The Morgan fingerprint density at radius 1 is 1.22 bits per heavy atom. The summed E-state index contributed by atoms with van der Waals surface area (Å²) in [6.45, 7) is 5.35. The fraction of sp³-hybridized carbons (Fsp3) is 0.611. The summed E-state index contributed by atoms with van der Waals surface area (Å²) < 4.78 is 35.5. The molecule has 0 atom stereocenters. The van der Waals surface area contributed by atoms with E-state index in [0.29, 0.717) is 19.5 Å². The quantitative estimate of drug-likeness (QED) is 0.385. The molecule has 0 aliphatic carbocycles. The van der Waals surface area contributed by atoms with E-state index >= 15 is 0 Å². The Morgan fingerprint density at radius 2 is 1.89 bits per heavy atom. The van der Waals surface area contributed by atoms with Gasteiger partial charge in [-0.15, -0.1) is 0 Å². The third-order valence-corrected chi connectivity index (χ3v) is 5.04. The van der Waals surface area contributed by atoms with Gasteiger partial charge >= 0.3 is 0 Å². The number of aliphatic imine (C=N–C) groups is 1. The van der Waals surface area contributed by atoms with Crippen LogP contribution in [0.3, 0.4) is 0 Å². The first-order chi connectivity index (χ1) is 12.9. The molecule has 0 unspecified atom stereocenters. The number of nitrogens with one attached hydrogen (secondary N) is 2. The third kappa shape index (κ3) is 6.28. The van der Waals surface area contributed by atoms with Crippen molar-refractivity contribution < 1.29 is 17.9 Å². The molecule has 1 aliphatic heterocycles. The van der Waals surface area contributed by atoms with Gasteiger partial charge in [-0.2, -0.15) is 0 Å². The van der Waals surface area contributed by atoms with Gasteiger partial charge in [-0.3, -0.25) is 4.99 Å². The van der Waals surface area contributed by atoms with Crippen LogP contribution in [0.15, 0.2) is 17.1 Å². The molecule has 152 valence electrons. The Kier molecular flexibility index (Phi) is 7.73. The lowest BCUT2D eigenvalue weighted by atomic mass is 9.99. The second-order valence-corrected chi connectivity index (χ2v) is 8.24. The SMILES string of the molecule is CCNC(=NCCCNS(C)(=O)=O)N1CCc2cc(OC)c(OC)cc2C1. The minimum atomic E-state index is -3.15. The molecule has 1 aromatic carbocycles. The molecule has 9 heteroatoms. The molecule has 8 nitrogen and oxygen atoms in total. The lowest BCUT2D eigenvalue weighted by Gasteiger charge is -2.32. The van der Waals surface area contributed by atoms with Gasteiger partial charge in [0.25, 0.3) is 0 Å². The number of guanidine groups is 1. The van der Waals surface area contributed by atoms with Crippen LogP contribution in [0.4, 0.5) is 0 Å². The lowest BCUT2D eigenvalue weighted by molar-refractivity contribution is 0.346. The van der Waals surface area contributed by atoms with Crippen molar-refractivity contribution in [3.05, 3.63) is 23.3 Å². The fourth-order valence-corrected chi connectivity index (χ4v) is 3.53. The fourth-order valence-electron chi connectivity index (χ4n) is 3.01. The summed E-state index contributed by atoms with van der Waals surface area (Å²) in [6.07, 6.45) is 2.71. The normalized spacial score (nSPS) is 14.7. The van der Waals surface area contributed by atoms with Gasteiger partial charge in [-0.1, -0.05) is 0 Å². The maximum atomic E-state index is 11.1. The summed E-state index contributed by atoms with van der Waals surface area (Å²) in [7, 11) is 0.139. The zero-order valence-electron chi connectivity index (χ0n) is 16.5. The molecule has 0 saturated heterocycles. The van der Waals surface area contributed by atoms with Crippen LogP contribution in [0.2, 0.25) is 0 Å². The Morgan fingerprint density at radius 3 is 2.48 bits per heavy atom. The first-order valence-electron chi connectivity index (χ1n) is 9.09. The van der Waals surface area contributed by atoms with Gasteiger partial charge in [0.1, 0.15) is 0 Å². The molecule has 2 rings (SSSR count). The van der Waals surface area contributed by atoms with Crippen molar-refractivity contribution in [2.45, 2.75) is 26.3 Å². The lowest BCUT2D eigenvalue weighted by Crippen LogP contribution is -2.44. The molecule has 0 saturated carbocycles. The molecule has 27 heavy (non-hydrogen) atoms. The van der Waals surface area contributed by atoms with Crippen LogP contribution >= 0.6 is 0 Å². The van der Waals surface area contributed by atoms with Gasteiger partial charge in [-0.25, -0.2) is 13.1 Å². The monoisotopic (exact) mass is 398 g/mol. The number of ether oxygens (including phenoxy) is 2. The molecule has 0 amide bonds. The molecule has 1 heterocycles. The molecular weight excluding hydrogens is 368 g/mol. The first-order valence-corrected chi connectivity index (χ1v) is 11.0. The van der Waals surface area contributed by atoms with Crippen molar-refractivity contribution in [1.29, 1.82) is 0 Å².